The number of rotatable bonds is 4. The highest BCUT2D eigenvalue weighted by Gasteiger charge is 2.26. The lowest BCUT2D eigenvalue weighted by molar-refractivity contribution is 0.392. The fourth-order valence-electron chi connectivity index (χ4n) is 3.17. The molecule has 1 aromatic heterocycles. The summed E-state index contributed by atoms with van der Waals surface area (Å²) in [5, 5.41) is 0. The van der Waals surface area contributed by atoms with Gasteiger partial charge in [-0.25, -0.2) is 9.18 Å². The zero-order valence-corrected chi connectivity index (χ0v) is 19.3. The molecule has 0 saturated heterocycles. The van der Waals surface area contributed by atoms with Gasteiger partial charge < -0.3 is 9.46 Å². The maximum absolute atomic E-state index is 15.7. The first-order chi connectivity index (χ1) is 15.2. The lowest BCUT2D eigenvalue weighted by Gasteiger charge is -2.25. The molecule has 32 heavy (non-hydrogen) atoms. The molecular formula is C24H24FN3O3S. The summed E-state index contributed by atoms with van der Waals surface area (Å²) in [5.74, 6) is 5.47. The summed E-state index contributed by atoms with van der Waals surface area (Å²) in [6, 6.07) is 10.1. The van der Waals surface area contributed by atoms with E-state index in [-0.39, 0.29) is 11.3 Å². The molecule has 0 fully saturated rings. The molecule has 3 aromatic rings. The summed E-state index contributed by atoms with van der Waals surface area (Å²) in [4.78, 5) is 26.0. The Balaban J connectivity index is 2.25. The first-order valence-electron chi connectivity index (χ1n) is 9.80. The molecule has 2 aromatic carbocycles. The molecule has 0 atom stereocenters. The standard InChI is InChI=1S/C24H24FN3O3S/c1-24(2,3)18-14-19(28-13-12-20(29)26-23(28)30)21(25)17(22(18)31-4)11-8-15-6-9-16(10-7-15)27-32-5/h6-7,9-10,12-14,27H,1-5H3,(H,26,29,30). The molecular weight excluding hydrogens is 429 g/mol. The van der Waals surface area contributed by atoms with Crippen molar-refractivity contribution in [1.29, 1.82) is 0 Å². The molecule has 1 heterocycles. The van der Waals surface area contributed by atoms with E-state index in [2.05, 4.69) is 21.5 Å². The third kappa shape index (κ3) is 4.89. The van der Waals surface area contributed by atoms with Crippen molar-refractivity contribution in [2.75, 3.05) is 18.1 Å². The highest BCUT2D eigenvalue weighted by Crippen LogP contribution is 2.37. The largest absolute Gasteiger partial charge is 0.495 e. The number of aromatic amines is 1. The van der Waals surface area contributed by atoms with E-state index in [1.165, 1.54) is 25.3 Å². The van der Waals surface area contributed by atoms with Crippen LogP contribution in [0.25, 0.3) is 5.69 Å². The number of nitrogens with one attached hydrogen (secondary N) is 2. The first-order valence-corrected chi connectivity index (χ1v) is 11.0. The normalized spacial score (nSPS) is 10.9. The second kappa shape index (κ2) is 9.37. The van der Waals surface area contributed by atoms with E-state index in [9.17, 15) is 9.59 Å². The minimum Gasteiger partial charge on any atom is -0.495 e. The van der Waals surface area contributed by atoms with Crippen LogP contribution in [0.5, 0.6) is 5.75 Å². The van der Waals surface area contributed by atoms with Crippen LogP contribution in [-0.4, -0.2) is 22.9 Å². The molecule has 0 spiro atoms. The van der Waals surface area contributed by atoms with E-state index < -0.39 is 22.5 Å². The molecule has 0 bridgehead atoms. The quantitative estimate of drug-likeness (QED) is 0.460. The number of H-pyrrole nitrogens is 1. The molecule has 8 heteroatoms. The van der Waals surface area contributed by atoms with Crippen LogP contribution in [0, 0.1) is 17.7 Å². The van der Waals surface area contributed by atoms with Gasteiger partial charge in [-0.15, -0.1) is 0 Å². The van der Waals surface area contributed by atoms with Crippen molar-refractivity contribution in [2.24, 2.45) is 0 Å². The van der Waals surface area contributed by atoms with Crippen molar-refractivity contribution in [3.8, 4) is 23.3 Å². The maximum Gasteiger partial charge on any atom is 0.333 e. The Kier molecular flexibility index (Phi) is 6.80. The Labute approximate surface area is 190 Å². The summed E-state index contributed by atoms with van der Waals surface area (Å²) in [6.45, 7) is 5.87. The summed E-state index contributed by atoms with van der Waals surface area (Å²) in [6.07, 6.45) is 3.17. The van der Waals surface area contributed by atoms with Crippen molar-refractivity contribution in [2.45, 2.75) is 26.2 Å². The third-order valence-electron chi connectivity index (χ3n) is 4.73. The molecule has 166 valence electrons. The summed E-state index contributed by atoms with van der Waals surface area (Å²) >= 11 is 1.48. The van der Waals surface area contributed by atoms with Crippen LogP contribution < -0.4 is 20.7 Å². The second-order valence-corrected chi connectivity index (χ2v) is 8.64. The topological polar surface area (TPSA) is 76.1 Å². The lowest BCUT2D eigenvalue weighted by atomic mass is 9.84. The zero-order valence-electron chi connectivity index (χ0n) is 18.5. The molecule has 0 radical (unpaired) electrons. The van der Waals surface area contributed by atoms with Gasteiger partial charge in [0.25, 0.3) is 5.56 Å². The van der Waals surface area contributed by atoms with E-state index in [1.807, 2.05) is 51.3 Å². The van der Waals surface area contributed by atoms with Gasteiger partial charge in [0, 0.05) is 35.3 Å². The number of anilines is 1. The minimum atomic E-state index is -0.739. The summed E-state index contributed by atoms with van der Waals surface area (Å²) < 4.78 is 25.4. The van der Waals surface area contributed by atoms with Gasteiger partial charge in [-0.05, 0) is 35.7 Å². The Hall–Kier alpha value is -3.44. The van der Waals surface area contributed by atoms with E-state index in [1.54, 1.807) is 6.07 Å². The van der Waals surface area contributed by atoms with E-state index in [0.29, 0.717) is 16.9 Å². The Morgan fingerprint density at radius 3 is 2.38 bits per heavy atom. The number of hydrogen-bond donors (Lipinski definition) is 2. The van der Waals surface area contributed by atoms with Crippen LogP contribution in [0.3, 0.4) is 0 Å². The highest BCUT2D eigenvalue weighted by atomic mass is 32.2. The lowest BCUT2D eigenvalue weighted by Crippen LogP contribution is -2.28. The maximum atomic E-state index is 15.7. The van der Waals surface area contributed by atoms with Crippen LogP contribution in [0.1, 0.15) is 37.5 Å². The average Bonchev–Trinajstić information content (AvgIpc) is 2.73. The highest BCUT2D eigenvalue weighted by molar-refractivity contribution is 7.99. The van der Waals surface area contributed by atoms with Crippen LogP contribution in [0.15, 0.2) is 52.2 Å². The molecule has 0 amide bonds. The smallest absolute Gasteiger partial charge is 0.333 e. The molecule has 0 unspecified atom stereocenters. The monoisotopic (exact) mass is 453 g/mol. The number of nitrogens with zero attached hydrogens (tertiary/aromatic N) is 1. The van der Waals surface area contributed by atoms with Crippen molar-refractivity contribution >= 4 is 17.6 Å². The van der Waals surface area contributed by atoms with Gasteiger partial charge in [-0.3, -0.25) is 14.3 Å². The number of hydrogen-bond acceptors (Lipinski definition) is 5. The average molecular weight is 454 g/mol. The number of benzene rings is 2. The van der Waals surface area contributed by atoms with Crippen molar-refractivity contribution < 1.29 is 9.13 Å². The van der Waals surface area contributed by atoms with Gasteiger partial charge >= 0.3 is 5.69 Å². The van der Waals surface area contributed by atoms with Crippen molar-refractivity contribution in [3.63, 3.8) is 0 Å². The Morgan fingerprint density at radius 1 is 1.12 bits per heavy atom. The third-order valence-corrected chi connectivity index (χ3v) is 5.17. The van der Waals surface area contributed by atoms with Crippen LogP contribution in [-0.2, 0) is 5.41 Å². The van der Waals surface area contributed by atoms with Gasteiger partial charge in [0.1, 0.15) is 11.3 Å². The number of ether oxygens (including phenoxy) is 1. The number of aromatic nitrogens is 2. The van der Waals surface area contributed by atoms with Crippen LogP contribution in [0.4, 0.5) is 10.1 Å². The zero-order chi connectivity index (χ0) is 23.5. The molecule has 0 aliphatic carbocycles. The number of methoxy groups -OCH3 is 1. The summed E-state index contributed by atoms with van der Waals surface area (Å²) in [5.41, 5.74) is 0.607. The predicted octanol–water partition coefficient (Wildman–Crippen LogP) is 4.06. The molecule has 6 nitrogen and oxygen atoms in total. The van der Waals surface area contributed by atoms with E-state index in [0.717, 1.165) is 16.3 Å². The van der Waals surface area contributed by atoms with Gasteiger partial charge in [0.2, 0.25) is 0 Å². The van der Waals surface area contributed by atoms with E-state index >= 15 is 4.39 Å². The number of halogens is 1. The fourth-order valence-corrected chi connectivity index (χ4v) is 3.54. The van der Waals surface area contributed by atoms with Gasteiger partial charge in [0.05, 0.1) is 12.8 Å². The molecule has 0 saturated carbocycles. The van der Waals surface area contributed by atoms with Gasteiger partial charge in [0.15, 0.2) is 5.82 Å². The molecule has 0 aliphatic heterocycles. The molecule has 3 rings (SSSR count). The fraction of sp³-hybridized carbons (Fsp3) is 0.250. The molecule has 0 aliphatic rings. The van der Waals surface area contributed by atoms with E-state index in [4.69, 9.17) is 4.74 Å². The summed E-state index contributed by atoms with van der Waals surface area (Å²) in [7, 11) is 1.46. The predicted molar refractivity (Wildman–Crippen MR) is 127 cm³/mol. The van der Waals surface area contributed by atoms with Crippen LogP contribution >= 0.6 is 11.9 Å². The van der Waals surface area contributed by atoms with Crippen molar-refractivity contribution in [1.82, 2.24) is 9.55 Å². The minimum absolute atomic E-state index is 0.0132. The Bertz CT molecular complexity index is 1310. The van der Waals surface area contributed by atoms with Gasteiger partial charge in [-0.2, -0.15) is 0 Å². The van der Waals surface area contributed by atoms with Crippen LogP contribution in [0.2, 0.25) is 0 Å². The SMILES string of the molecule is COc1c(C(C)(C)C)cc(-n2ccc(=O)[nH]c2=O)c(F)c1C#Cc1ccc(NSC)cc1. The van der Waals surface area contributed by atoms with Crippen molar-refractivity contribution in [3.05, 3.63) is 85.9 Å². The second-order valence-electron chi connectivity index (χ2n) is 8.03. The first kappa shape index (κ1) is 23.2. The molecule has 2 N–H and O–H groups in total. The Morgan fingerprint density at radius 2 is 1.81 bits per heavy atom. The van der Waals surface area contributed by atoms with Gasteiger partial charge in [-0.1, -0.05) is 44.6 Å².